The summed E-state index contributed by atoms with van der Waals surface area (Å²) in [7, 11) is 0. The van der Waals surface area contributed by atoms with Crippen LogP contribution in [-0.4, -0.2) is 32.0 Å². The van der Waals surface area contributed by atoms with Gasteiger partial charge >= 0.3 is 0 Å². The molecule has 5 rings (SSSR count). The molecule has 0 saturated heterocycles. The molecule has 3 heteroatoms. The molecule has 0 unspecified atom stereocenters. The van der Waals surface area contributed by atoms with E-state index in [9.17, 15) is 4.79 Å². The topological polar surface area (TPSA) is 23.6 Å². The van der Waals surface area contributed by atoms with Crippen molar-refractivity contribution in [3.05, 3.63) is 69.8 Å². The third-order valence-corrected chi connectivity index (χ3v) is 7.78. The van der Waals surface area contributed by atoms with Gasteiger partial charge in [-0.3, -0.25) is 4.79 Å². The van der Waals surface area contributed by atoms with Gasteiger partial charge in [0, 0.05) is 48.7 Å². The Balaban J connectivity index is 1.36. The number of carbonyl (C=O) groups is 1. The maximum Gasteiger partial charge on any atom is 0.185 e. The second-order valence-corrected chi connectivity index (χ2v) is 10.5. The van der Waals surface area contributed by atoms with Crippen LogP contribution in [0.25, 0.3) is 12.2 Å². The maximum absolute atomic E-state index is 13.4. The first kappa shape index (κ1) is 23.9. The Hall–Kier alpha value is -2.81. The van der Waals surface area contributed by atoms with Crippen molar-refractivity contribution in [2.45, 2.75) is 71.6 Å². The van der Waals surface area contributed by atoms with Gasteiger partial charge in [0.05, 0.1) is 0 Å². The van der Waals surface area contributed by atoms with Crippen LogP contribution in [0.1, 0.15) is 81.0 Å². The summed E-state index contributed by atoms with van der Waals surface area (Å²) in [5.41, 5.74) is 9.94. The zero-order chi connectivity index (χ0) is 24.2. The summed E-state index contributed by atoms with van der Waals surface area (Å²) in [5, 5.41) is 0. The van der Waals surface area contributed by atoms with Gasteiger partial charge in [-0.1, -0.05) is 26.0 Å². The van der Waals surface area contributed by atoms with Crippen LogP contribution in [0.5, 0.6) is 0 Å². The van der Waals surface area contributed by atoms with Gasteiger partial charge < -0.3 is 9.80 Å². The van der Waals surface area contributed by atoms with E-state index in [1.165, 1.54) is 59.3 Å². The van der Waals surface area contributed by atoms with Gasteiger partial charge in [-0.05, 0) is 116 Å². The Bertz CT molecular complexity index is 1050. The molecule has 0 spiro atoms. The highest BCUT2D eigenvalue weighted by Gasteiger charge is 2.22. The lowest BCUT2D eigenvalue weighted by atomic mass is 9.86. The molecule has 0 amide bonds. The summed E-state index contributed by atoms with van der Waals surface area (Å²) in [4.78, 5) is 18.5. The summed E-state index contributed by atoms with van der Waals surface area (Å²) in [5.74, 6) is 0.243. The first-order valence-electron chi connectivity index (χ1n) is 13.9. The third-order valence-electron chi connectivity index (χ3n) is 7.78. The number of aryl methyl sites for hydroxylation is 2. The minimum absolute atomic E-state index is 0.243. The highest BCUT2D eigenvalue weighted by atomic mass is 16.1. The first-order chi connectivity index (χ1) is 17.2. The molecule has 2 heterocycles. The Morgan fingerprint density at radius 2 is 1.17 bits per heavy atom. The molecule has 2 aromatic rings. The van der Waals surface area contributed by atoms with E-state index in [1.807, 2.05) is 0 Å². The highest BCUT2D eigenvalue weighted by molar-refractivity contribution is 6.14. The van der Waals surface area contributed by atoms with E-state index in [0.29, 0.717) is 0 Å². The number of ketones is 1. The lowest BCUT2D eigenvalue weighted by Crippen LogP contribution is -2.29. The van der Waals surface area contributed by atoms with E-state index >= 15 is 0 Å². The largest absolute Gasteiger partial charge is 0.371 e. The average Bonchev–Trinajstić information content (AvgIpc) is 2.87. The molecule has 0 atom stereocenters. The van der Waals surface area contributed by atoms with Crippen LogP contribution in [0.15, 0.2) is 47.5 Å². The number of allylic oxidation sites excluding steroid dienone is 2. The van der Waals surface area contributed by atoms with Crippen molar-refractivity contribution in [1.29, 1.82) is 0 Å². The van der Waals surface area contributed by atoms with E-state index < -0.39 is 0 Å². The van der Waals surface area contributed by atoms with Crippen LogP contribution in [0, 0.1) is 0 Å². The standard InChI is InChI=1S/C32H40N2O/c1-3-16-33-18-6-10-26-20-24(12-14-30(26)33)22-28-8-5-9-29(32(28)35)23-25-13-15-31-27(21-25)11-7-19-34(31)17-4-2/h12-15,20-23H,3-11,16-19H2,1-2H3. The molecule has 2 aliphatic heterocycles. The Morgan fingerprint density at radius 3 is 1.63 bits per heavy atom. The SMILES string of the molecule is CCCN1CCCc2cc(C=C3CCCC(=Cc4ccc5c(c4)CCCN5CCC)C3=O)ccc21. The number of rotatable bonds is 6. The van der Waals surface area contributed by atoms with Gasteiger partial charge in [-0.25, -0.2) is 0 Å². The van der Waals surface area contributed by atoms with Crippen molar-refractivity contribution >= 4 is 29.3 Å². The van der Waals surface area contributed by atoms with Crippen molar-refractivity contribution in [3.8, 4) is 0 Å². The Kier molecular flexibility index (Phi) is 7.41. The Morgan fingerprint density at radius 1 is 0.686 bits per heavy atom. The van der Waals surface area contributed by atoms with Gasteiger partial charge in [0.25, 0.3) is 0 Å². The van der Waals surface area contributed by atoms with Crippen molar-refractivity contribution in [3.63, 3.8) is 0 Å². The van der Waals surface area contributed by atoms with E-state index in [4.69, 9.17) is 0 Å². The Labute approximate surface area is 211 Å². The summed E-state index contributed by atoms with van der Waals surface area (Å²) in [6, 6.07) is 13.6. The molecular formula is C32H40N2O. The van der Waals surface area contributed by atoms with Crippen molar-refractivity contribution in [1.82, 2.24) is 0 Å². The maximum atomic E-state index is 13.4. The average molecular weight is 469 g/mol. The van der Waals surface area contributed by atoms with Crippen molar-refractivity contribution in [2.75, 3.05) is 36.0 Å². The van der Waals surface area contributed by atoms with E-state index in [1.54, 1.807) is 0 Å². The van der Waals surface area contributed by atoms with Crippen LogP contribution in [0.4, 0.5) is 11.4 Å². The van der Waals surface area contributed by atoms with Gasteiger partial charge in [0.1, 0.15) is 0 Å². The number of Topliss-reactive ketones (excluding diaryl/α,β-unsaturated/α-hetero) is 1. The summed E-state index contributed by atoms with van der Waals surface area (Å²) in [6.07, 6.45) is 14.2. The number of hydrogen-bond donors (Lipinski definition) is 0. The second-order valence-electron chi connectivity index (χ2n) is 10.5. The number of nitrogens with zero attached hydrogens (tertiary/aromatic N) is 2. The summed E-state index contributed by atoms with van der Waals surface area (Å²) < 4.78 is 0. The van der Waals surface area contributed by atoms with E-state index in [0.717, 1.165) is 69.4 Å². The van der Waals surface area contributed by atoms with Crippen molar-refractivity contribution < 1.29 is 4.79 Å². The lowest BCUT2D eigenvalue weighted by Gasteiger charge is -2.31. The van der Waals surface area contributed by atoms with Gasteiger partial charge in [0.15, 0.2) is 5.78 Å². The molecule has 0 aromatic heterocycles. The van der Waals surface area contributed by atoms with Crippen LogP contribution >= 0.6 is 0 Å². The molecule has 0 N–H and O–H groups in total. The summed E-state index contributed by atoms with van der Waals surface area (Å²) in [6.45, 7) is 9.07. The zero-order valence-electron chi connectivity index (χ0n) is 21.6. The summed E-state index contributed by atoms with van der Waals surface area (Å²) >= 11 is 0. The number of benzene rings is 2. The minimum atomic E-state index is 0.243. The fraction of sp³-hybridized carbons (Fsp3) is 0.469. The van der Waals surface area contributed by atoms with Crippen LogP contribution < -0.4 is 9.80 Å². The number of anilines is 2. The predicted molar refractivity (Wildman–Crippen MR) is 149 cm³/mol. The number of fused-ring (bicyclic) bond motifs is 2. The number of carbonyl (C=O) groups excluding carboxylic acids is 1. The molecule has 0 radical (unpaired) electrons. The monoisotopic (exact) mass is 468 g/mol. The molecule has 35 heavy (non-hydrogen) atoms. The van der Waals surface area contributed by atoms with E-state index in [2.05, 4.69) is 72.2 Å². The molecule has 3 aliphatic rings. The smallest absolute Gasteiger partial charge is 0.185 e. The molecule has 0 bridgehead atoms. The van der Waals surface area contributed by atoms with Crippen LogP contribution in [0.2, 0.25) is 0 Å². The molecule has 1 aliphatic carbocycles. The molecule has 3 nitrogen and oxygen atoms in total. The normalized spacial score (nSPS) is 20.3. The van der Waals surface area contributed by atoms with Crippen LogP contribution in [-0.2, 0) is 17.6 Å². The fourth-order valence-electron chi connectivity index (χ4n) is 6.15. The lowest BCUT2D eigenvalue weighted by molar-refractivity contribution is -0.112. The predicted octanol–water partition coefficient (Wildman–Crippen LogP) is 7.23. The van der Waals surface area contributed by atoms with Crippen molar-refractivity contribution in [2.24, 2.45) is 0 Å². The quantitative estimate of drug-likeness (QED) is 0.418. The third kappa shape index (κ3) is 5.24. The molecular weight excluding hydrogens is 428 g/mol. The zero-order valence-corrected chi connectivity index (χ0v) is 21.6. The number of hydrogen-bond acceptors (Lipinski definition) is 3. The van der Waals surface area contributed by atoms with Crippen LogP contribution in [0.3, 0.4) is 0 Å². The fourth-order valence-corrected chi connectivity index (χ4v) is 6.15. The second kappa shape index (κ2) is 10.8. The molecule has 1 fully saturated rings. The van der Waals surface area contributed by atoms with Gasteiger partial charge in [0.2, 0.25) is 0 Å². The molecule has 184 valence electrons. The first-order valence-corrected chi connectivity index (χ1v) is 13.9. The molecule has 2 aromatic carbocycles. The van der Waals surface area contributed by atoms with Gasteiger partial charge in [-0.2, -0.15) is 0 Å². The van der Waals surface area contributed by atoms with Gasteiger partial charge in [-0.15, -0.1) is 0 Å². The van der Waals surface area contributed by atoms with E-state index in [-0.39, 0.29) is 5.78 Å². The highest BCUT2D eigenvalue weighted by Crippen LogP contribution is 2.33. The molecule has 1 saturated carbocycles. The minimum Gasteiger partial charge on any atom is -0.371 e.